The zero-order valence-corrected chi connectivity index (χ0v) is 12.6. The standard InChI is InChI=1S/C13H18ClN3S/c1-8(11-7-15-17(4)10(11)3)16-9(2)12-5-6-13(14)18-12/h5-9,16H,1-4H3. The molecule has 0 aliphatic rings. The highest BCUT2D eigenvalue weighted by atomic mass is 35.5. The molecule has 2 atom stereocenters. The van der Waals surface area contributed by atoms with Gasteiger partial charge in [-0.15, -0.1) is 11.3 Å². The minimum atomic E-state index is 0.273. The third-order valence-corrected chi connectivity index (χ3v) is 4.67. The molecule has 0 saturated heterocycles. The summed E-state index contributed by atoms with van der Waals surface area (Å²) in [6.45, 7) is 6.41. The van der Waals surface area contributed by atoms with Gasteiger partial charge in [0.2, 0.25) is 0 Å². The Morgan fingerprint density at radius 3 is 2.56 bits per heavy atom. The summed E-state index contributed by atoms with van der Waals surface area (Å²) in [7, 11) is 1.97. The second-order valence-electron chi connectivity index (χ2n) is 4.56. The number of hydrogen-bond acceptors (Lipinski definition) is 3. The van der Waals surface area contributed by atoms with Gasteiger partial charge in [-0.25, -0.2) is 0 Å². The van der Waals surface area contributed by atoms with Crippen LogP contribution in [-0.4, -0.2) is 9.78 Å². The van der Waals surface area contributed by atoms with E-state index < -0.39 is 0 Å². The number of rotatable bonds is 4. The van der Waals surface area contributed by atoms with Gasteiger partial charge < -0.3 is 5.32 Å². The second kappa shape index (κ2) is 5.43. The molecule has 5 heteroatoms. The van der Waals surface area contributed by atoms with Crippen molar-refractivity contribution >= 4 is 22.9 Å². The van der Waals surface area contributed by atoms with E-state index in [0.717, 1.165) is 4.34 Å². The van der Waals surface area contributed by atoms with Crippen molar-refractivity contribution in [2.45, 2.75) is 32.9 Å². The molecule has 2 aromatic rings. The van der Waals surface area contributed by atoms with Gasteiger partial charge >= 0.3 is 0 Å². The fourth-order valence-corrected chi connectivity index (χ4v) is 3.12. The van der Waals surface area contributed by atoms with Gasteiger partial charge in [0.15, 0.2) is 0 Å². The lowest BCUT2D eigenvalue weighted by molar-refractivity contribution is 0.498. The van der Waals surface area contributed by atoms with Crippen LogP contribution in [0.3, 0.4) is 0 Å². The first kappa shape index (κ1) is 13.6. The third kappa shape index (κ3) is 2.76. The van der Waals surface area contributed by atoms with E-state index in [2.05, 4.69) is 37.3 Å². The molecule has 2 rings (SSSR count). The van der Waals surface area contributed by atoms with Crippen LogP contribution in [0.1, 0.15) is 42.1 Å². The van der Waals surface area contributed by atoms with Crippen LogP contribution < -0.4 is 5.32 Å². The monoisotopic (exact) mass is 283 g/mol. The van der Waals surface area contributed by atoms with Crippen LogP contribution in [0.5, 0.6) is 0 Å². The first-order valence-corrected chi connectivity index (χ1v) is 7.18. The van der Waals surface area contributed by atoms with Crippen molar-refractivity contribution in [1.29, 1.82) is 0 Å². The van der Waals surface area contributed by atoms with Gasteiger partial charge in [-0.05, 0) is 32.9 Å². The maximum atomic E-state index is 5.96. The Labute approximate surface area is 117 Å². The zero-order chi connectivity index (χ0) is 13.3. The highest BCUT2D eigenvalue weighted by Crippen LogP contribution is 2.28. The van der Waals surface area contributed by atoms with Crippen LogP contribution in [-0.2, 0) is 7.05 Å². The van der Waals surface area contributed by atoms with E-state index in [9.17, 15) is 0 Å². The summed E-state index contributed by atoms with van der Waals surface area (Å²) < 4.78 is 2.74. The van der Waals surface area contributed by atoms with Crippen LogP contribution in [0.4, 0.5) is 0 Å². The van der Waals surface area contributed by atoms with Gasteiger partial charge in [0.1, 0.15) is 0 Å². The third-order valence-electron chi connectivity index (χ3n) is 3.26. The maximum Gasteiger partial charge on any atom is 0.0931 e. The van der Waals surface area contributed by atoms with Crippen LogP contribution in [0.2, 0.25) is 4.34 Å². The van der Waals surface area contributed by atoms with E-state index >= 15 is 0 Å². The molecule has 0 spiro atoms. The lowest BCUT2D eigenvalue weighted by Gasteiger charge is -2.19. The van der Waals surface area contributed by atoms with E-state index in [-0.39, 0.29) is 12.1 Å². The number of hydrogen-bond donors (Lipinski definition) is 1. The summed E-state index contributed by atoms with van der Waals surface area (Å²) in [5.74, 6) is 0. The van der Waals surface area contributed by atoms with Gasteiger partial charge in [-0.3, -0.25) is 4.68 Å². The fourth-order valence-electron chi connectivity index (χ4n) is 2.05. The molecule has 18 heavy (non-hydrogen) atoms. The van der Waals surface area contributed by atoms with Gasteiger partial charge in [-0.1, -0.05) is 11.6 Å². The average Bonchev–Trinajstić information content (AvgIpc) is 2.87. The van der Waals surface area contributed by atoms with Gasteiger partial charge in [0, 0.05) is 35.3 Å². The highest BCUT2D eigenvalue weighted by molar-refractivity contribution is 7.16. The Balaban J connectivity index is 2.07. The molecular weight excluding hydrogens is 266 g/mol. The first-order valence-electron chi connectivity index (χ1n) is 5.99. The number of thiophene rings is 1. The number of nitrogens with one attached hydrogen (secondary N) is 1. The summed E-state index contributed by atoms with van der Waals surface area (Å²) in [6, 6.07) is 4.58. The van der Waals surface area contributed by atoms with Gasteiger partial charge in [0.05, 0.1) is 10.5 Å². The maximum absolute atomic E-state index is 5.96. The van der Waals surface area contributed by atoms with Crippen molar-refractivity contribution in [3.05, 3.63) is 38.8 Å². The quantitative estimate of drug-likeness (QED) is 0.923. The van der Waals surface area contributed by atoms with Crippen molar-refractivity contribution in [3.8, 4) is 0 Å². The predicted molar refractivity (Wildman–Crippen MR) is 77.2 cm³/mol. The molecular formula is C13H18ClN3S. The molecule has 0 amide bonds. The lowest BCUT2D eigenvalue weighted by atomic mass is 10.1. The van der Waals surface area contributed by atoms with Crippen LogP contribution in [0.15, 0.2) is 18.3 Å². The number of halogens is 1. The zero-order valence-electron chi connectivity index (χ0n) is 11.1. The minimum absolute atomic E-state index is 0.273. The largest absolute Gasteiger partial charge is 0.303 e. The van der Waals surface area contributed by atoms with E-state index in [0.29, 0.717) is 0 Å². The van der Waals surface area contributed by atoms with Crippen LogP contribution >= 0.6 is 22.9 Å². The van der Waals surface area contributed by atoms with E-state index in [1.54, 1.807) is 11.3 Å². The van der Waals surface area contributed by atoms with E-state index in [1.165, 1.54) is 16.1 Å². The van der Waals surface area contributed by atoms with E-state index in [1.807, 2.05) is 24.0 Å². The topological polar surface area (TPSA) is 29.9 Å². The first-order chi connectivity index (χ1) is 8.49. The summed E-state index contributed by atoms with van der Waals surface area (Å²) in [5, 5.41) is 7.86. The summed E-state index contributed by atoms with van der Waals surface area (Å²) in [5.41, 5.74) is 2.44. The van der Waals surface area contributed by atoms with Gasteiger partial charge in [-0.2, -0.15) is 5.10 Å². The van der Waals surface area contributed by atoms with Crippen LogP contribution in [0.25, 0.3) is 0 Å². The molecule has 2 unspecified atom stereocenters. The molecule has 2 heterocycles. The van der Waals surface area contributed by atoms with Crippen molar-refractivity contribution in [2.75, 3.05) is 0 Å². The number of aryl methyl sites for hydroxylation is 1. The van der Waals surface area contributed by atoms with Gasteiger partial charge in [0.25, 0.3) is 0 Å². The fraction of sp³-hybridized carbons (Fsp3) is 0.462. The Bertz CT molecular complexity index is 532. The van der Waals surface area contributed by atoms with Crippen molar-refractivity contribution in [3.63, 3.8) is 0 Å². The molecule has 0 aromatic carbocycles. The van der Waals surface area contributed by atoms with Crippen molar-refractivity contribution in [2.24, 2.45) is 7.05 Å². The summed E-state index contributed by atoms with van der Waals surface area (Å²) >= 11 is 7.59. The number of nitrogens with zero attached hydrogens (tertiary/aromatic N) is 2. The molecule has 0 bridgehead atoms. The Morgan fingerprint density at radius 2 is 2.06 bits per heavy atom. The van der Waals surface area contributed by atoms with Crippen molar-refractivity contribution in [1.82, 2.24) is 15.1 Å². The molecule has 3 nitrogen and oxygen atoms in total. The molecule has 0 fully saturated rings. The minimum Gasteiger partial charge on any atom is -0.303 e. The molecule has 0 radical (unpaired) electrons. The highest BCUT2D eigenvalue weighted by Gasteiger charge is 2.16. The summed E-state index contributed by atoms with van der Waals surface area (Å²) in [6.07, 6.45) is 1.93. The van der Waals surface area contributed by atoms with E-state index in [4.69, 9.17) is 11.6 Å². The molecule has 98 valence electrons. The second-order valence-corrected chi connectivity index (χ2v) is 6.31. The Morgan fingerprint density at radius 1 is 1.33 bits per heavy atom. The SMILES string of the molecule is Cc1c(C(C)NC(C)c2ccc(Cl)s2)cnn1C. The lowest BCUT2D eigenvalue weighted by Crippen LogP contribution is -2.22. The number of aromatic nitrogens is 2. The van der Waals surface area contributed by atoms with Crippen LogP contribution in [0, 0.1) is 6.92 Å². The summed E-state index contributed by atoms with van der Waals surface area (Å²) in [4.78, 5) is 1.26. The Kier molecular flexibility index (Phi) is 4.10. The Hall–Kier alpha value is -0.840. The normalized spacial score (nSPS) is 14.7. The predicted octanol–water partition coefficient (Wildman–Crippen LogP) is 3.86. The van der Waals surface area contributed by atoms with Crippen molar-refractivity contribution < 1.29 is 0 Å². The molecule has 0 aliphatic heterocycles. The smallest absolute Gasteiger partial charge is 0.0931 e. The molecule has 0 saturated carbocycles. The molecule has 0 aliphatic carbocycles. The molecule has 1 N–H and O–H groups in total. The molecule has 2 aromatic heterocycles. The average molecular weight is 284 g/mol.